The molecule has 1 aromatic carbocycles. The lowest BCUT2D eigenvalue weighted by Crippen LogP contribution is -1.99. The number of nitrogens with zero attached hydrogens (tertiary/aromatic N) is 6. The Hall–Kier alpha value is -4.11. The van der Waals surface area contributed by atoms with Crippen molar-refractivity contribution in [1.82, 2.24) is 29.5 Å². The van der Waals surface area contributed by atoms with E-state index in [1.165, 1.54) is 12.1 Å². The van der Waals surface area contributed by atoms with E-state index in [1.54, 1.807) is 36.3 Å². The van der Waals surface area contributed by atoms with Gasteiger partial charge in [-0.3, -0.25) is 9.97 Å². The summed E-state index contributed by atoms with van der Waals surface area (Å²) in [7, 11) is 1.58. The van der Waals surface area contributed by atoms with Gasteiger partial charge in [0.1, 0.15) is 17.3 Å². The minimum atomic E-state index is -0.294. The maximum Gasteiger partial charge on any atom is 0.248 e. The minimum absolute atomic E-state index is 0. The van der Waals surface area contributed by atoms with Crippen molar-refractivity contribution in [3.8, 4) is 28.3 Å². The van der Waals surface area contributed by atoms with Gasteiger partial charge in [0.05, 0.1) is 7.11 Å². The smallest absolute Gasteiger partial charge is 0.248 e. The summed E-state index contributed by atoms with van der Waals surface area (Å²) in [4.78, 5) is 17.8. The predicted octanol–water partition coefficient (Wildman–Crippen LogP) is 5.18. The Morgan fingerprint density at radius 3 is 2.53 bits per heavy atom. The number of fused-ring (bicyclic) bond motifs is 1. The summed E-state index contributed by atoms with van der Waals surface area (Å²) in [5, 5.41) is 7.61. The Labute approximate surface area is 201 Å². The summed E-state index contributed by atoms with van der Waals surface area (Å²) in [5.74, 6) is 1.06. The zero-order valence-electron chi connectivity index (χ0n) is 18.7. The van der Waals surface area contributed by atoms with E-state index in [-0.39, 0.29) is 18.2 Å². The molecule has 0 saturated heterocycles. The van der Waals surface area contributed by atoms with Crippen LogP contribution >= 0.6 is 12.4 Å². The summed E-state index contributed by atoms with van der Waals surface area (Å²) in [6, 6.07) is 12.2. The third-order valence-corrected chi connectivity index (χ3v) is 5.20. The second-order valence-electron chi connectivity index (χ2n) is 7.50. The lowest BCUT2D eigenvalue weighted by atomic mass is 10.1. The molecule has 0 aliphatic carbocycles. The van der Waals surface area contributed by atoms with Crippen molar-refractivity contribution in [1.29, 1.82) is 0 Å². The number of hydrogen-bond donors (Lipinski definition) is 1. The highest BCUT2D eigenvalue weighted by atomic mass is 35.5. The van der Waals surface area contributed by atoms with Gasteiger partial charge in [0, 0.05) is 35.4 Å². The average Bonchev–Trinajstić information content (AvgIpc) is 3.22. The first-order valence-corrected chi connectivity index (χ1v) is 10.2. The number of nitrogens with one attached hydrogen (secondary N) is 1. The summed E-state index contributed by atoms with van der Waals surface area (Å²) in [6.07, 6.45) is 5.10. The number of hydrogen-bond acceptors (Lipinski definition) is 7. The maximum absolute atomic E-state index is 13.6. The van der Waals surface area contributed by atoms with E-state index < -0.39 is 0 Å². The molecule has 34 heavy (non-hydrogen) atoms. The fraction of sp³-hybridized carbons (Fsp3) is 0.125. The van der Waals surface area contributed by atoms with E-state index in [1.807, 2.05) is 38.1 Å². The number of methoxy groups -OCH3 is 1. The molecular formula is C24H21ClFN7O. The van der Waals surface area contributed by atoms with Crippen LogP contribution in [-0.2, 0) is 0 Å². The molecule has 0 saturated carbocycles. The van der Waals surface area contributed by atoms with Gasteiger partial charge in [-0.05, 0) is 67.4 Å². The fourth-order valence-electron chi connectivity index (χ4n) is 3.67. The van der Waals surface area contributed by atoms with Crippen LogP contribution in [0.15, 0.2) is 61.1 Å². The lowest BCUT2D eigenvalue weighted by Gasteiger charge is -2.10. The molecular weight excluding hydrogens is 457 g/mol. The number of pyridine rings is 2. The van der Waals surface area contributed by atoms with Gasteiger partial charge < -0.3 is 10.1 Å². The Morgan fingerprint density at radius 1 is 0.941 bits per heavy atom. The van der Waals surface area contributed by atoms with Crippen molar-refractivity contribution in [2.45, 2.75) is 13.8 Å². The van der Waals surface area contributed by atoms with Crippen molar-refractivity contribution in [2.75, 3.05) is 12.4 Å². The van der Waals surface area contributed by atoms with Crippen LogP contribution < -0.4 is 10.1 Å². The number of anilines is 2. The normalized spacial score (nSPS) is 10.7. The van der Waals surface area contributed by atoms with Gasteiger partial charge in [-0.2, -0.15) is 9.97 Å². The molecule has 0 radical (unpaired) electrons. The first kappa shape index (κ1) is 23.1. The molecule has 0 fully saturated rings. The SMILES string of the molecule is COc1nc(Nc2nc3c(-c4ccc(F)cc4C)nccn3n2)ccc1-c1ccnc(C)c1.Cl. The molecule has 0 aliphatic rings. The molecule has 0 spiro atoms. The molecule has 0 amide bonds. The van der Waals surface area contributed by atoms with Crippen LogP contribution in [0.5, 0.6) is 5.88 Å². The number of rotatable bonds is 5. The second-order valence-corrected chi connectivity index (χ2v) is 7.50. The van der Waals surface area contributed by atoms with Crippen molar-refractivity contribution < 1.29 is 9.13 Å². The molecule has 0 unspecified atom stereocenters. The number of ether oxygens (including phenoxy) is 1. The van der Waals surface area contributed by atoms with Crippen LogP contribution in [0.4, 0.5) is 16.2 Å². The summed E-state index contributed by atoms with van der Waals surface area (Å²) in [5.41, 5.74) is 5.45. The van der Waals surface area contributed by atoms with Crippen LogP contribution in [0.25, 0.3) is 28.0 Å². The number of benzene rings is 1. The highest BCUT2D eigenvalue weighted by Crippen LogP contribution is 2.31. The molecule has 0 bridgehead atoms. The van der Waals surface area contributed by atoms with Crippen LogP contribution in [0.1, 0.15) is 11.3 Å². The van der Waals surface area contributed by atoms with Gasteiger partial charge in [0.2, 0.25) is 11.8 Å². The van der Waals surface area contributed by atoms with E-state index in [2.05, 4.69) is 30.4 Å². The quantitative estimate of drug-likeness (QED) is 0.373. The molecule has 0 atom stereocenters. The van der Waals surface area contributed by atoms with Crippen LogP contribution in [0.2, 0.25) is 0 Å². The van der Waals surface area contributed by atoms with Crippen LogP contribution in [-0.4, -0.2) is 36.7 Å². The van der Waals surface area contributed by atoms with E-state index >= 15 is 0 Å². The number of halogens is 2. The Bertz CT molecular complexity index is 1490. The summed E-state index contributed by atoms with van der Waals surface area (Å²) in [6.45, 7) is 3.77. The highest BCUT2D eigenvalue weighted by molar-refractivity contribution is 5.85. The van der Waals surface area contributed by atoms with E-state index in [4.69, 9.17) is 4.74 Å². The third-order valence-electron chi connectivity index (χ3n) is 5.20. The second kappa shape index (κ2) is 9.40. The molecule has 4 heterocycles. The van der Waals surface area contributed by atoms with Gasteiger partial charge in [-0.25, -0.2) is 8.91 Å². The molecule has 4 aromatic heterocycles. The topological polar surface area (TPSA) is 90.1 Å². The van der Waals surface area contributed by atoms with Gasteiger partial charge >= 0.3 is 0 Å². The zero-order chi connectivity index (χ0) is 22.9. The molecule has 5 aromatic rings. The number of aryl methyl sites for hydroxylation is 2. The largest absolute Gasteiger partial charge is 0.480 e. The van der Waals surface area contributed by atoms with E-state index in [0.29, 0.717) is 29.0 Å². The molecule has 172 valence electrons. The Balaban J connectivity index is 0.00000274. The predicted molar refractivity (Wildman–Crippen MR) is 130 cm³/mol. The minimum Gasteiger partial charge on any atom is -0.480 e. The van der Waals surface area contributed by atoms with Crippen molar-refractivity contribution in [2.24, 2.45) is 0 Å². The molecule has 8 nitrogen and oxygen atoms in total. The zero-order valence-corrected chi connectivity index (χ0v) is 19.5. The third kappa shape index (κ3) is 4.38. The van der Waals surface area contributed by atoms with Gasteiger partial charge in [-0.15, -0.1) is 17.5 Å². The Morgan fingerprint density at radius 2 is 1.76 bits per heavy atom. The first-order valence-electron chi connectivity index (χ1n) is 10.2. The van der Waals surface area contributed by atoms with Gasteiger partial charge in [0.25, 0.3) is 0 Å². The summed E-state index contributed by atoms with van der Waals surface area (Å²) < 4.78 is 20.7. The highest BCUT2D eigenvalue weighted by Gasteiger charge is 2.15. The van der Waals surface area contributed by atoms with Crippen molar-refractivity contribution in [3.05, 3.63) is 78.1 Å². The lowest BCUT2D eigenvalue weighted by molar-refractivity contribution is 0.400. The fourth-order valence-corrected chi connectivity index (χ4v) is 3.67. The van der Waals surface area contributed by atoms with Crippen molar-refractivity contribution >= 4 is 29.8 Å². The maximum atomic E-state index is 13.6. The molecule has 10 heteroatoms. The van der Waals surface area contributed by atoms with Crippen LogP contribution in [0, 0.1) is 19.7 Å². The van der Waals surface area contributed by atoms with E-state index in [9.17, 15) is 4.39 Å². The molecule has 1 N–H and O–H groups in total. The number of aromatic nitrogens is 6. The van der Waals surface area contributed by atoms with Crippen LogP contribution in [0.3, 0.4) is 0 Å². The summed E-state index contributed by atoms with van der Waals surface area (Å²) >= 11 is 0. The first-order chi connectivity index (χ1) is 16.0. The monoisotopic (exact) mass is 477 g/mol. The standard InChI is InChI=1S/C24H20FN7O.ClH/c1-14-12-17(25)4-5-18(14)21-22-30-24(31-32(22)11-10-27-21)29-20-7-6-19(23(28-20)33-3)16-8-9-26-15(2)13-16;/h4-13H,1-3H3,(H,28,29,31);1H. The van der Waals surface area contributed by atoms with Crippen molar-refractivity contribution in [3.63, 3.8) is 0 Å². The van der Waals surface area contributed by atoms with E-state index in [0.717, 1.165) is 27.9 Å². The average molecular weight is 478 g/mol. The molecule has 5 rings (SSSR count). The Kier molecular flexibility index (Phi) is 6.38. The van der Waals surface area contributed by atoms with Gasteiger partial charge in [0.15, 0.2) is 5.65 Å². The molecule has 0 aliphatic heterocycles. The van der Waals surface area contributed by atoms with Gasteiger partial charge in [-0.1, -0.05) is 0 Å².